The molecular formula is C18H25NO. The van der Waals surface area contributed by atoms with Gasteiger partial charge >= 0.3 is 0 Å². The highest BCUT2D eigenvalue weighted by atomic mass is 16.5. The molecule has 1 N–H and O–H groups in total. The van der Waals surface area contributed by atoms with Crippen molar-refractivity contribution in [2.75, 3.05) is 13.2 Å². The molecule has 0 unspecified atom stereocenters. The van der Waals surface area contributed by atoms with E-state index < -0.39 is 0 Å². The van der Waals surface area contributed by atoms with Crippen molar-refractivity contribution < 1.29 is 4.74 Å². The highest BCUT2D eigenvalue weighted by Crippen LogP contribution is 2.26. The highest BCUT2D eigenvalue weighted by molar-refractivity contribution is 5.40. The largest absolute Gasteiger partial charge is 0.493 e. The number of hydrogen-bond donors (Lipinski definition) is 1. The third-order valence-corrected chi connectivity index (χ3v) is 4.21. The molecule has 1 saturated carbocycles. The summed E-state index contributed by atoms with van der Waals surface area (Å²) in [5.74, 6) is 1.09. The number of allylic oxidation sites excluding steroid dienone is 1. The molecule has 1 aliphatic heterocycles. The quantitative estimate of drug-likeness (QED) is 0.604. The van der Waals surface area contributed by atoms with E-state index in [1.54, 1.807) is 0 Å². The maximum atomic E-state index is 5.55. The Morgan fingerprint density at radius 1 is 1.40 bits per heavy atom. The van der Waals surface area contributed by atoms with Crippen LogP contribution in [0.3, 0.4) is 0 Å². The summed E-state index contributed by atoms with van der Waals surface area (Å²) in [5, 5.41) is 3.56. The van der Waals surface area contributed by atoms with E-state index in [1.165, 1.54) is 42.4 Å². The lowest BCUT2D eigenvalue weighted by atomic mass is 10.0. The first-order valence-electron chi connectivity index (χ1n) is 7.95. The number of aryl methyl sites for hydroxylation is 1. The van der Waals surface area contributed by atoms with Crippen molar-refractivity contribution in [3.8, 4) is 5.75 Å². The van der Waals surface area contributed by atoms with Gasteiger partial charge in [-0.3, -0.25) is 0 Å². The average Bonchev–Trinajstić information content (AvgIpc) is 3.17. The van der Waals surface area contributed by atoms with Crippen molar-refractivity contribution in [2.45, 2.75) is 51.5 Å². The van der Waals surface area contributed by atoms with Gasteiger partial charge in [-0.15, -0.1) is 0 Å². The maximum Gasteiger partial charge on any atom is 0.122 e. The van der Waals surface area contributed by atoms with Crippen LogP contribution in [0.4, 0.5) is 0 Å². The van der Waals surface area contributed by atoms with E-state index in [4.69, 9.17) is 4.74 Å². The van der Waals surface area contributed by atoms with Crippen LogP contribution >= 0.6 is 0 Å². The molecule has 0 spiro atoms. The molecule has 0 atom stereocenters. The van der Waals surface area contributed by atoms with Crippen LogP contribution in [0.15, 0.2) is 29.8 Å². The zero-order chi connectivity index (χ0) is 13.8. The predicted molar refractivity (Wildman–Crippen MR) is 83.4 cm³/mol. The molecule has 3 rings (SSSR count). The van der Waals surface area contributed by atoms with Gasteiger partial charge in [0.05, 0.1) is 6.61 Å². The molecule has 2 nitrogen and oxygen atoms in total. The van der Waals surface area contributed by atoms with Crippen LogP contribution in [-0.2, 0) is 12.8 Å². The van der Waals surface area contributed by atoms with Crippen molar-refractivity contribution in [2.24, 2.45) is 0 Å². The number of hydrogen-bond acceptors (Lipinski definition) is 2. The van der Waals surface area contributed by atoms with Crippen molar-refractivity contribution in [1.82, 2.24) is 5.32 Å². The molecule has 20 heavy (non-hydrogen) atoms. The first-order chi connectivity index (χ1) is 9.81. The van der Waals surface area contributed by atoms with Gasteiger partial charge in [0.15, 0.2) is 0 Å². The Hall–Kier alpha value is -1.28. The summed E-state index contributed by atoms with van der Waals surface area (Å²) in [4.78, 5) is 0. The van der Waals surface area contributed by atoms with E-state index in [-0.39, 0.29) is 0 Å². The van der Waals surface area contributed by atoms with Gasteiger partial charge in [0.2, 0.25) is 0 Å². The average molecular weight is 271 g/mol. The maximum absolute atomic E-state index is 5.55. The van der Waals surface area contributed by atoms with E-state index in [9.17, 15) is 0 Å². The van der Waals surface area contributed by atoms with Gasteiger partial charge in [0, 0.05) is 12.5 Å². The van der Waals surface area contributed by atoms with Crippen LogP contribution in [-0.4, -0.2) is 19.2 Å². The molecule has 2 heteroatoms. The van der Waals surface area contributed by atoms with Crippen LogP contribution in [0.25, 0.3) is 0 Å². The topological polar surface area (TPSA) is 21.3 Å². The fourth-order valence-corrected chi connectivity index (χ4v) is 2.73. The zero-order valence-corrected chi connectivity index (χ0v) is 12.5. The first-order valence-corrected chi connectivity index (χ1v) is 7.95. The van der Waals surface area contributed by atoms with Crippen LogP contribution < -0.4 is 10.1 Å². The molecule has 108 valence electrons. The van der Waals surface area contributed by atoms with Crippen molar-refractivity contribution in [3.63, 3.8) is 0 Å². The summed E-state index contributed by atoms with van der Waals surface area (Å²) < 4.78 is 5.55. The molecule has 1 aliphatic carbocycles. The lowest BCUT2D eigenvalue weighted by Gasteiger charge is -2.05. The second kappa shape index (κ2) is 6.45. The van der Waals surface area contributed by atoms with Gasteiger partial charge in [-0.1, -0.05) is 23.8 Å². The number of rotatable bonds is 7. The third kappa shape index (κ3) is 3.86. The summed E-state index contributed by atoms with van der Waals surface area (Å²) in [6.45, 7) is 4.25. The van der Waals surface area contributed by atoms with Crippen LogP contribution in [0.1, 0.15) is 43.7 Å². The molecule has 2 aliphatic rings. The van der Waals surface area contributed by atoms with Gasteiger partial charge < -0.3 is 10.1 Å². The van der Waals surface area contributed by atoms with E-state index in [1.807, 2.05) is 0 Å². The summed E-state index contributed by atoms with van der Waals surface area (Å²) in [7, 11) is 0. The minimum absolute atomic E-state index is 0.831. The van der Waals surface area contributed by atoms with Crippen LogP contribution in [0.2, 0.25) is 0 Å². The molecule has 1 aromatic carbocycles. The lowest BCUT2D eigenvalue weighted by molar-refractivity contribution is 0.357. The first kappa shape index (κ1) is 13.7. The second-order valence-corrected chi connectivity index (χ2v) is 6.11. The Morgan fingerprint density at radius 2 is 2.30 bits per heavy atom. The van der Waals surface area contributed by atoms with E-state index in [0.29, 0.717) is 0 Å². The van der Waals surface area contributed by atoms with E-state index in [0.717, 1.165) is 37.8 Å². The molecule has 1 heterocycles. The minimum Gasteiger partial charge on any atom is -0.493 e. The van der Waals surface area contributed by atoms with Crippen molar-refractivity contribution in [3.05, 3.63) is 41.0 Å². The Bertz CT molecular complexity index is 488. The third-order valence-electron chi connectivity index (χ3n) is 4.21. The van der Waals surface area contributed by atoms with E-state index >= 15 is 0 Å². The molecule has 1 fully saturated rings. The van der Waals surface area contributed by atoms with Crippen molar-refractivity contribution >= 4 is 0 Å². The second-order valence-electron chi connectivity index (χ2n) is 6.11. The van der Waals surface area contributed by atoms with Crippen molar-refractivity contribution in [1.29, 1.82) is 0 Å². The SMILES string of the molecule is CC(=CCCNC1CC1)CCc1ccc2c(c1)CCO2. The molecule has 0 amide bonds. The Balaban J connectivity index is 1.42. The summed E-state index contributed by atoms with van der Waals surface area (Å²) >= 11 is 0. The van der Waals surface area contributed by atoms with Gasteiger partial charge in [-0.2, -0.15) is 0 Å². The fraction of sp³-hybridized carbons (Fsp3) is 0.556. The van der Waals surface area contributed by atoms with Crippen LogP contribution in [0, 0.1) is 0 Å². The molecular weight excluding hydrogens is 246 g/mol. The van der Waals surface area contributed by atoms with Crippen LogP contribution in [0.5, 0.6) is 5.75 Å². The summed E-state index contributed by atoms with van der Waals surface area (Å²) in [6.07, 6.45) is 9.71. The Kier molecular flexibility index (Phi) is 4.41. The van der Waals surface area contributed by atoms with Gasteiger partial charge in [-0.05, 0) is 62.8 Å². The predicted octanol–water partition coefficient (Wildman–Crippen LogP) is 3.64. The summed E-state index contributed by atoms with van der Waals surface area (Å²) in [6, 6.07) is 7.50. The van der Waals surface area contributed by atoms with Gasteiger partial charge in [0.25, 0.3) is 0 Å². The van der Waals surface area contributed by atoms with Gasteiger partial charge in [0.1, 0.15) is 5.75 Å². The molecule has 0 radical (unpaired) electrons. The Labute approximate surface area is 122 Å². The number of ether oxygens (including phenoxy) is 1. The normalized spacial score (nSPS) is 17.9. The lowest BCUT2D eigenvalue weighted by Crippen LogP contribution is -2.16. The molecule has 0 saturated heterocycles. The molecule has 0 aromatic heterocycles. The fourth-order valence-electron chi connectivity index (χ4n) is 2.73. The number of benzene rings is 1. The minimum atomic E-state index is 0.831. The standard InChI is InChI=1S/C18H25NO/c1-14(3-2-11-19-17-7-8-17)4-5-15-6-9-18-16(13-15)10-12-20-18/h3,6,9,13,17,19H,2,4-5,7-8,10-12H2,1H3. The summed E-state index contributed by atoms with van der Waals surface area (Å²) in [5.41, 5.74) is 4.34. The number of fused-ring (bicyclic) bond motifs is 1. The van der Waals surface area contributed by atoms with E-state index in [2.05, 4.69) is 36.5 Å². The molecule has 1 aromatic rings. The monoisotopic (exact) mass is 271 g/mol. The zero-order valence-electron chi connectivity index (χ0n) is 12.5. The smallest absolute Gasteiger partial charge is 0.122 e. The highest BCUT2D eigenvalue weighted by Gasteiger charge is 2.19. The van der Waals surface area contributed by atoms with Gasteiger partial charge in [-0.25, -0.2) is 0 Å². The number of nitrogens with one attached hydrogen (secondary N) is 1. The Morgan fingerprint density at radius 3 is 3.15 bits per heavy atom. The molecule has 0 bridgehead atoms.